The lowest BCUT2D eigenvalue weighted by molar-refractivity contribution is -0.125. The number of carbonyl (C=O) groups excluding carboxylic acids is 2. The number of carbonyl (C=O) groups is 2. The molecule has 0 N–H and O–H groups in total. The van der Waals surface area contributed by atoms with Crippen LogP contribution in [0.15, 0.2) is 23.9 Å². The van der Waals surface area contributed by atoms with Crippen LogP contribution in [0.25, 0.3) is 0 Å². The highest BCUT2D eigenvalue weighted by atomic mass is 16.5. The van der Waals surface area contributed by atoms with Crippen molar-refractivity contribution in [3.63, 3.8) is 0 Å². The van der Waals surface area contributed by atoms with Crippen LogP contribution in [0, 0.1) is 22.2 Å². The Morgan fingerprint density at radius 1 is 1.44 bits per heavy atom. The summed E-state index contributed by atoms with van der Waals surface area (Å²) in [5.74, 6) is 0.136. The Labute approximate surface area is 146 Å². The molecule has 1 aromatic heterocycles. The van der Waals surface area contributed by atoms with Crippen LogP contribution in [0.5, 0.6) is 5.75 Å². The fourth-order valence-electron chi connectivity index (χ4n) is 3.89. The minimum absolute atomic E-state index is 0.121. The maximum absolute atomic E-state index is 12.7. The maximum Gasteiger partial charge on any atom is 0.274 e. The Balaban J connectivity index is 1.86. The highest BCUT2D eigenvalue weighted by Gasteiger charge is 2.49. The summed E-state index contributed by atoms with van der Waals surface area (Å²) in [7, 11) is 1.51. The van der Waals surface area contributed by atoms with Crippen LogP contribution in [0.2, 0.25) is 0 Å². The van der Waals surface area contributed by atoms with Crippen LogP contribution in [-0.4, -0.2) is 47.0 Å². The van der Waals surface area contributed by atoms with Gasteiger partial charge in [-0.05, 0) is 12.8 Å². The minimum atomic E-state index is -0.603. The van der Waals surface area contributed by atoms with Gasteiger partial charge >= 0.3 is 0 Å². The van der Waals surface area contributed by atoms with E-state index in [9.17, 15) is 14.9 Å². The molecule has 7 nitrogen and oxygen atoms in total. The smallest absolute Gasteiger partial charge is 0.274 e. The molecule has 1 aliphatic carbocycles. The summed E-state index contributed by atoms with van der Waals surface area (Å²) in [6.07, 6.45) is 4.56. The lowest BCUT2D eigenvalue weighted by Crippen LogP contribution is -2.40. The van der Waals surface area contributed by atoms with E-state index in [-0.39, 0.29) is 28.4 Å². The number of ether oxygens (including phenoxy) is 1. The Morgan fingerprint density at radius 2 is 2.20 bits per heavy atom. The first-order valence-electron chi connectivity index (χ1n) is 8.14. The Bertz CT molecular complexity index is 809. The lowest BCUT2D eigenvalue weighted by atomic mass is 9.64. The van der Waals surface area contributed by atoms with Crippen molar-refractivity contribution in [2.75, 3.05) is 20.2 Å². The Kier molecular flexibility index (Phi) is 4.07. The quantitative estimate of drug-likeness (QED) is 0.814. The maximum atomic E-state index is 12.7. The number of likely N-dealkylation sites (tertiary alicyclic amines) is 1. The first-order chi connectivity index (χ1) is 11.8. The number of nitrogens with zero attached hydrogens (tertiary/aromatic N) is 4. The number of hydrogen-bond donors (Lipinski definition) is 0. The molecule has 1 fully saturated rings. The van der Waals surface area contributed by atoms with Crippen molar-refractivity contribution in [2.24, 2.45) is 10.8 Å². The number of Topliss-reactive ketones (excluding diaryl/α,β-unsaturated/α-hetero) is 1. The molecule has 2 heterocycles. The molecule has 1 amide bonds. The molecule has 1 aromatic rings. The van der Waals surface area contributed by atoms with E-state index < -0.39 is 5.41 Å². The average molecular weight is 340 g/mol. The summed E-state index contributed by atoms with van der Waals surface area (Å²) in [5.41, 5.74) is -0.516. The molecule has 1 aliphatic heterocycles. The van der Waals surface area contributed by atoms with Gasteiger partial charge in [-0.15, -0.1) is 5.10 Å². The van der Waals surface area contributed by atoms with Gasteiger partial charge in [0.05, 0.1) is 18.9 Å². The number of nitriles is 1. The van der Waals surface area contributed by atoms with E-state index in [2.05, 4.69) is 10.2 Å². The molecular formula is C18H20N4O3. The minimum Gasteiger partial charge on any atom is -0.495 e. The van der Waals surface area contributed by atoms with Crippen LogP contribution in [0.4, 0.5) is 0 Å². The molecule has 130 valence electrons. The molecular weight excluding hydrogens is 320 g/mol. The highest BCUT2D eigenvalue weighted by molar-refractivity contribution is 6.03. The van der Waals surface area contributed by atoms with E-state index >= 15 is 0 Å². The van der Waals surface area contributed by atoms with E-state index in [0.29, 0.717) is 25.3 Å². The number of aromatic nitrogens is 2. The molecule has 1 atom stereocenters. The average Bonchev–Trinajstić information content (AvgIpc) is 3.00. The summed E-state index contributed by atoms with van der Waals surface area (Å²) in [5, 5.41) is 17.0. The third kappa shape index (κ3) is 3.00. The van der Waals surface area contributed by atoms with Crippen LogP contribution in [-0.2, 0) is 4.79 Å². The molecule has 0 bridgehead atoms. The summed E-state index contributed by atoms with van der Waals surface area (Å²) in [4.78, 5) is 26.8. The number of allylic oxidation sites excluding steroid dienone is 1. The zero-order valence-corrected chi connectivity index (χ0v) is 14.6. The molecule has 1 unspecified atom stereocenters. The Morgan fingerprint density at radius 3 is 2.88 bits per heavy atom. The predicted molar refractivity (Wildman–Crippen MR) is 88.6 cm³/mol. The van der Waals surface area contributed by atoms with Gasteiger partial charge in [0.2, 0.25) is 0 Å². The van der Waals surface area contributed by atoms with E-state index in [4.69, 9.17) is 4.74 Å². The van der Waals surface area contributed by atoms with Crippen molar-refractivity contribution in [3.05, 3.63) is 29.6 Å². The van der Waals surface area contributed by atoms with Crippen LogP contribution in [0.3, 0.4) is 0 Å². The molecule has 0 aromatic carbocycles. The molecule has 1 spiro atoms. The van der Waals surface area contributed by atoms with Gasteiger partial charge in [-0.1, -0.05) is 19.9 Å². The zero-order chi connectivity index (χ0) is 18.2. The van der Waals surface area contributed by atoms with Crippen molar-refractivity contribution < 1.29 is 14.3 Å². The number of hydrogen-bond acceptors (Lipinski definition) is 6. The molecule has 2 aliphatic rings. The van der Waals surface area contributed by atoms with Gasteiger partial charge in [0.25, 0.3) is 5.91 Å². The second-order valence-corrected chi connectivity index (χ2v) is 7.38. The van der Waals surface area contributed by atoms with Gasteiger partial charge in [0.1, 0.15) is 11.8 Å². The molecule has 0 saturated carbocycles. The fourth-order valence-corrected chi connectivity index (χ4v) is 3.89. The fraction of sp³-hybridized carbons (Fsp3) is 0.500. The van der Waals surface area contributed by atoms with E-state index in [1.54, 1.807) is 17.0 Å². The summed E-state index contributed by atoms with van der Waals surface area (Å²) in [6, 6.07) is 3.58. The van der Waals surface area contributed by atoms with Crippen molar-refractivity contribution in [3.8, 4) is 11.8 Å². The normalized spacial score (nSPS) is 24.8. The van der Waals surface area contributed by atoms with Crippen LogP contribution >= 0.6 is 0 Å². The molecule has 3 rings (SSSR count). The number of ketones is 1. The first-order valence-corrected chi connectivity index (χ1v) is 8.14. The van der Waals surface area contributed by atoms with Gasteiger partial charge in [0.15, 0.2) is 11.5 Å². The van der Waals surface area contributed by atoms with Gasteiger partial charge in [-0.2, -0.15) is 10.4 Å². The Hall–Kier alpha value is -2.75. The second kappa shape index (κ2) is 5.96. The number of methoxy groups -OCH3 is 1. The lowest BCUT2D eigenvalue weighted by Gasteiger charge is -2.38. The van der Waals surface area contributed by atoms with Crippen molar-refractivity contribution >= 4 is 11.7 Å². The van der Waals surface area contributed by atoms with Crippen molar-refractivity contribution in [2.45, 2.75) is 26.7 Å². The summed E-state index contributed by atoms with van der Waals surface area (Å²) >= 11 is 0. The third-order valence-corrected chi connectivity index (χ3v) is 4.98. The van der Waals surface area contributed by atoms with Crippen LogP contribution < -0.4 is 4.74 Å². The third-order valence-electron chi connectivity index (χ3n) is 4.98. The standard InChI is InChI=1S/C18H20N4O3/c1-17(2)10-18(7-12(8-19)15(17)23)4-5-22(11-18)16(24)14-6-13(25-3)9-20-21-14/h6-7,9H,4-5,10-11H2,1-3H3. The SMILES string of the molecule is COc1cnnc(C(=O)N2CCC3(C=C(C#N)C(=O)C(C)(C)C3)C2)c1. The molecule has 7 heteroatoms. The molecule has 1 saturated heterocycles. The topological polar surface area (TPSA) is 96.2 Å². The summed E-state index contributed by atoms with van der Waals surface area (Å²) < 4.78 is 5.09. The van der Waals surface area contributed by atoms with E-state index in [1.807, 2.05) is 19.9 Å². The van der Waals surface area contributed by atoms with Crippen molar-refractivity contribution in [1.29, 1.82) is 5.26 Å². The van der Waals surface area contributed by atoms with Gasteiger partial charge in [-0.3, -0.25) is 9.59 Å². The van der Waals surface area contributed by atoms with Crippen molar-refractivity contribution in [1.82, 2.24) is 15.1 Å². The monoisotopic (exact) mass is 340 g/mol. The van der Waals surface area contributed by atoms with Crippen LogP contribution in [0.1, 0.15) is 37.2 Å². The predicted octanol–water partition coefficient (Wildman–Crippen LogP) is 1.77. The number of amides is 1. The van der Waals surface area contributed by atoms with Gasteiger partial charge < -0.3 is 9.64 Å². The van der Waals surface area contributed by atoms with Gasteiger partial charge in [-0.25, -0.2) is 0 Å². The zero-order valence-electron chi connectivity index (χ0n) is 14.6. The largest absolute Gasteiger partial charge is 0.495 e. The first kappa shape index (κ1) is 17.1. The highest BCUT2D eigenvalue weighted by Crippen LogP contribution is 2.48. The molecule has 25 heavy (non-hydrogen) atoms. The molecule has 0 radical (unpaired) electrons. The number of rotatable bonds is 2. The van der Waals surface area contributed by atoms with Gasteiger partial charge in [0, 0.05) is 30.0 Å². The summed E-state index contributed by atoms with van der Waals surface area (Å²) in [6.45, 7) is 4.74. The van der Waals surface area contributed by atoms with E-state index in [1.165, 1.54) is 13.3 Å². The van der Waals surface area contributed by atoms with E-state index in [0.717, 1.165) is 6.42 Å². The second-order valence-electron chi connectivity index (χ2n) is 7.38.